The first-order valence-electron chi connectivity index (χ1n) is 7.96. The zero-order valence-electron chi connectivity index (χ0n) is 13.7. The van der Waals surface area contributed by atoms with Crippen molar-refractivity contribution in [2.45, 2.75) is 19.9 Å². The number of carboxylic acid groups (broad SMARTS) is 1. The molecule has 2 atom stereocenters. The highest BCUT2D eigenvalue weighted by atomic mass is 16.5. The van der Waals surface area contributed by atoms with Gasteiger partial charge in [-0.05, 0) is 43.7 Å². The van der Waals surface area contributed by atoms with Crippen LogP contribution in [0, 0.1) is 5.92 Å². The van der Waals surface area contributed by atoms with Crippen molar-refractivity contribution in [3.05, 3.63) is 60.2 Å². The third-order valence-corrected chi connectivity index (χ3v) is 4.11. The van der Waals surface area contributed by atoms with Gasteiger partial charge in [0.15, 0.2) is 0 Å². The number of hydrazone groups is 1. The van der Waals surface area contributed by atoms with E-state index in [9.17, 15) is 9.90 Å². The van der Waals surface area contributed by atoms with E-state index in [4.69, 9.17) is 4.74 Å². The molecule has 0 radical (unpaired) electrons. The lowest BCUT2D eigenvalue weighted by Crippen LogP contribution is -2.30. The van der Waals surface area contributed by atoms with E-state index < -0.39 is 11.9 Å². The number of hydrogen-bond acceptors (Lipinski definition) is 4. The van der Waals surface area contributed by atoms with Crippen LogP contribution in [0.15, 0.2) is 59.7 Å². The quantitative estimate of drug-likeness (QED) is 0.910. The summed E-state index contributed by atoms with van der Waals surface area (Å²) >= 11 is 0. The number of aliphatic carboxylic acids is 1. The molecule has 3 rings (SSSR count). The Morgan fingerprint density at radius 1 is 1.17 bits per heavy atom. The molecule has 2 aromatic rings. The monoisotopic (exact) mass is 324 g/mol. The second kappa shape index (κ2) is 6.74. The molecule has 0 saturated heterocycles. The topological polar surface area (TPSA) is 62.1 Å². The summed E-state index contributed by atoms with van der Waals surface area (Å²) < 4.78 is 5.47. The van der Waals surface area contributed by atoms with Crippen LogP contribution in [0.4, 0.5) is 5.69 Å². The maximum absolute atomic E-state index is 11.8. The van der Waals surface area contributed by atoms with Gasteiger partial charge in [0.2, 0.25) is 0 Å². The van der Waals surface area contributed by atoms with E-state index in [0.29, 0.717) is 12.3 Å². The van der Waals surface area contributed by atoms with Crippen molar-refractivity contribution >= 4 is 17.4 Å². The van der Waals surface area contributed by atoms with Crippen LogP contribution < -0.4 is 9.75 Å². The number of nitrogens with zero attached hydrogens (tertiary/aromatic N) is 2. The maximum Gasteiger partial charge on any atom is 0.314 e. The molecule has 2 unspecified atom stereocenters. The van der Waals surface area contributed by atoms with Crippen LogP contribution in [0.1, 0.15) is 25.5 Å². The second-order valence-electron chi connectivity index (χ2n) is 5.68. The van der Waals surface area contributed by atoms with Crippen LogP contribution in [-0.4, -0.2) is 23.4 Å². The molecule has 2 aromatic carbocycles. The number of para-hydroxylation sites is 1. The van der Waals surface area contributed by atoms with Crippen molar-refractivity contribution in [2.24, 2.45) is 11.0 Å². The molecular weight excluding hydrogens is 304 g/mol. The third-order valence-electron chi connectivity index (χ3n) is 4.11. The average molecular weight is 324 g/mol. The highest BCUT2D eigenvalue weighted by Crippen LogP contribution is 2.39. The molecule has 0 spiro atoms. The summed E-state index contributed by atoms with van der Waals surface area (Å²) in [6, 6.07) is 16.8. The van der Waals surface area contributed by atoms with E-state index in [1.165, 1.54) is 0 Å². The largest absolute Gasteiger partial charge is 0.494 e. The molecule has 0 saturated carbocycles. The minimum absolute atomic E-state index is 0.374. The molecule has 124 valence electrons. The lowest BCUT2D eigenvalue weighted by atomic mass is 9.90. The van der Waals surface area contributed by atoms with Gasteiger partial charge in [0.25, 0.3) is 0 Å². The van der Waals surface area contributed by atoms with E-state index in [0.717, 1.165) is 17.0 Å². The molecule has 0 fully saturated rings. The van der Waals surface area contributed by atoms with Gasteiger partial charge in [-0.2, -0.15) is 5.10 Å². The summed E-state index contributed by atoms with van der Waals surface area (Å²) in [6.45, 7) is 4.29. The van der Waals surface area contributed by atoms with Crippen LogP contribution in [0.2, 0.25) is 0 Å². The second-order valence-corrected chi connectivity index (χ2v) is 5.68. The fraction of sp³-hybridized carbons (Fsp3) is 0.263. The number of benzene rings is 2. The van der Waals surface area contributed by atoms with Crippen molar-refractivity contribution in [3.8, 4) is 5.75 Å². The van der Waals surface area contributed by atoms with Gasteiger partial charge in [0.1, 0.15) is 11.7 Å². The summed E-state index contributed by atoms with van der Waals surface area (Å²) in [4.78, 5) is 11.8. The van der Waals surface area contributed by atoms with Crippen LogP contribution in [-0.2, 0) is 4.79 Å². The van der Waals surface area contributed by atoms with E-state index in [-0.39, 0.29) is 6.04 Å². The van der Waals surface area contributed by atoms with E-state index in [1.807, 2.05) is 61.5 Å². The number of hydrogen-bond donors (Lipinski definition) is 1. The van der Waals surface area contributed by atoms with Crippen LogP contribution >= 0.6 is 0 Å². The van der Waals surface area contributed by atoms with Crippen molar-refractivity contribution < 1.29 is 14.6 Å². The molecule has 1 aliphatic heterocycles. The van der Waals surface area contributed by atoms with Gasteiger partial charge in [-0.1, -0.05) is 30.3 Å². The van der Waals surface area contributed by atoms with E-state index in [1.54, 1.807) is 11.9 Å². The fourth-order valence-corrected chi connectivity index (χ4v) is 3.04. The molecule has 0 aliphatic carbocycles. The highest BCUT2D eigenvalue weighted by Gasteiger charge is 2.41. The van der Waals surface area contributed by atoms with Gasteiger partial charge in [0.05, 0.1) is 24.0 Å². The number of ether oxygens (including phenoxy) is 1. The summed E-state index contributed by atoms with van der Waals surface area (Å²) in [5.74, 6) is -0.772. The van der Waals surface area contributed by atoms with E-state index in [2.05, 4.69) is 5.10 Å². The first-order valence-corrected chi connectivity index (χ1v) is 7.96. The molecule has 0 bridgehead atoms. The summed E-state index contributed by atoms with van der Waals surface area (Å²) in [5, 5.41) is 16.0. The molecule has 0 amide bonds. The first-order chi connectivity index (χ1) is 11.6. The standard InChI is InChI=1S/C19H20N2O3/c1-3-24-16-11-9-14(10-12-16)18-17(19(22)23)13(2)20-21(18)15-7-5-4-6-8-15/h4-12,17-18H,3H2,1-2H3,(H,22,23). The Hall–Kier alpha value is -2.82. The normalized spacial score (nSPS) is 19.9. The Morgan fingerprint density at radius 2 is 1.83 bits per heavy atom. The summed E-state index contributed by atoms with van der Waals surface area (Å²) in [5.41, 5.74) is 2.38. The molecule has 5 heteroatoms. The Morgan fingerprint density at radius 3 is 2.42 bits per heavy atom. The molecule has 1 aliphatic rings. The van der Waals surface area contributed by atoms with Gasteiger partial charge in [-0.25, -0.2) is 0 Å². The minimum atomic E-state index is -0.867. The predicted octanol–water partition coefficient (Wildman–Crippen LogP) is 3.72. The average Bonchev–Trinajstić information content (AvgIpc) is 2.94. The summed E-state index contributed by atoms with van der Waals surface area (Å²) in [6.07, 6.45) is 0. The molecule has 5 nitrogen and oxygen atoms in total. The Kier molecular flexibility index (Phi) is 4.51. The number of rotatable bonds is 5. The third kappa shape index (κ3) is 2.97. The maximum atomic E-state index is 11.8. The minimum Gasteiger partial charge on any atom is -0.494 e. The smallest absolute Gasteiger partial charge is 0.314 e. The van der Waals surface area contributed by atoms with Crippen molar-refractivity contribution in [2.75, 3.05) is 11.6 Å². The Bertz CT molecular complexity index is 741. The first kappa shape index (κ1) is 16.1. The van der Waals surface area contributed by atoms with Crippen LogP contribution in [0.3, 0.4) is 0 Å². The molecule has 24 heavy (non-hydrogen) atoms. The molecular formula is C19H20N2O3. The zero-order chi connectivity index (χ0) is 17.1. The van der Waals surface area contributed by atoms with Gasteiger partial charge in [-0.3, -0.25) is 9.80 Å². The van der Waals surface area contributed by atoms with E-state index >= 15 is 0 Å². The predicted molar refractivity (Wildman–Crippen MR) is 93.5 cm³/mol. The lowest BCUT2D eigenvalue weighted by Gasteiger charge is -2.27. The number of carboxylic acids is 1. The summed E-state index contributed by atoms with van der Waals surface area (Å²) in [7, 11) is 0. The number of carbonyl (C=O) groups is 1. The zero-order valence-corrected chi connectivity index (χ0v) is 13.7. The van der Waals surface area contributed by atoms with Crippen molar-refractivity contribution in [1.29, 1.82) is 0 Å². The molecule has 0 aromatic heterocycles. The van der Waals surface area contributed by atoms with Gasteiger partial charge in [0, 0.05) is 0 Å². The number of anilines is 1. The van der Waals surface area contributed by atoms with Crippen molar-refractivity contribution in [3.63, 3.8) is 0 Å². The molecule has 1 N–H and O–H groups in total. The van der Waals surface area contributed by atoms with Gasteiger partial charge in [-0.15, -0.1) is 0 Å². The van der Waals surface area contributed by atoms with Gasteiger partial charge >= 0.3 is 5.97 Å². The fourth-order valence-electron chi connectivity index (χ4n) is 3.04. The van der Waals surface area contributed by atoms with Crippen LogP contribution in [0.5, 0.6) is 5.75 Å². The SMILES string of the molecule is CCOc1ccc(C2C(C(=O)O)C(C)=NN2c2ccccc2)cc1. The Labute approximate surface area is 141 Å². The van der Waals surface area contributed by atoms with Crippen molar-refractivity contribution in [1.82, 2.24) is 0 Å². The van der Waals surface area contributed by atoms with Crippen LogP contribution in [0.25, 0.3) is 0 Å². The van der Waals surface area contributed by atoms with Gasteiger partial charge < -0.3 is 9.84 Å². The lowest BCUT2D eigenvalue weighted by molar-refractivity contribution is -0.139. The molecule has 1 heterocycles. The highest BCUT2D eigenvalue weighted by molar-refractivity contribution is 6.03. The Balaban J connectivity index is 2.00.